The fourth-order valence-electron chi connectivity index (χ4n) is 2.81. The van der Waals surface area contributed by atoms with E-state index in [4.69, 9.17) is 0 Å². The van der Waals surface area contributed by atoms with Crippen LogP contribution in [0.2, 0.25) is 0 Å². The SMILES string of the molecule is O=C(c1ccc(-n2cnnn2)cc1)N1CCN(c2cnccn2)CC1. The Balaban J connectivity index is 1.40. The molecule has 1 fully saturated rings. The number of hydrogen-bond acceptors (Lipinski definition) is 7. The van der Waals surface area contributed by atoms with Crippen molar-refractivity contribution in [1.29, 1.82) is 0 Å². The van der Waals surface area contributed by atoms with Gasteiger partial charge in [-0.2, -0.15) is 0 Å². The molecule has 0 unspecified atom stereocenters. The van der Waals surface area contributed by atoms with Crippen LogP contribution in [0.4, 0.5) is 5.82 Å². The third kappa shape index (κ3) is 3.16. The third-order valence-corrected chi connectivity index (χ3v) is 4.17. The van der Waals surface area contributed by atoms with Crippen LogP contribution in [0.1, 0.15) is 10.4 Å². The Bertz CT molecular complexity index is 826. The summed E-state index contributed by atoms with van der Waals surface area (Å²) >= 11 is 0. The van der Waals surface area contributed by atoms with Gasteiger partial charge in [0.2, 0.25) is 0 Å². The van der Waals surface area contributed by atoms with E-state index in [0.717, 1.165) is 24.6 Å². The molecular weight excluding hydrogens is 320 g/mol. The summed E-state index contributed by atoms with van der Waals surface area (Å²) in [5, 5.41) is 11.0. The molecule has 0 radical (unpaired) electrons. The maximum atomic E-state index is 12.7. The van der Waals surface area contributed by atoms with Crippen LogP contribution in [0.25, 0.3) is 5.69 Å². The fourth-order valence-corrected chi connectivity index (χ4v) is 2.81. The predicted octanol–water partition coefficient (Wildman–Crippen LogP) is 0.415. The number of carbonyl (C=O) groups excluding carboxylic acids is 1. The number of amides is 1. The van der Waals surface area contributed by atoms with Crippen molar-refractivity contribution in [3.63, 3.8) is 0 Å². The van der Waals surface area contributed by atoms with E-state index in [2.05, 4.69) is 30.4 Å². The second kappa shape index (κ2) is 6.63. The Morgan fingerprint density at radius 1 is 1.00 bits per heavy atom. The molecule has 1 aliphatic heterocycles. The summed E-state index contributed by atoms with van der Waals surface area (Å²) in [6.45, 7) is 2.80. The first-order chi connectivity index (χ1) is 12.3. The van der Waals surface area contributed by atoms with Crippen molar-refractivity contribution in [1.82, 2.24) is 35.1 Å². The number of aromatic nitrogens is 6. The predicted molar refractivity (Wildman–Crippen MR) is 89.3 cm³/mol. The lowest BCUT2D eigenvalue weighted by Crippen LogP contribution is -2.49. The second-order valence-corrected chi connectivity index (χ2v) is 5.64. The Morgan fingerprint density at radius 2 is 1.80 bits per heavy atom. The van der Waals surface area contributed by atoms with Crippen LogP contribution in [0.3, 0.4) is 0 Å². The van der Waals surface area contributed by atoms with Gasteiger partial charge in [0.15, 0.2) is 0 Å². The van der Waals surface area contributed by atoms with Gasteiger partial charge in [-0.15, -0.1) is 5.10 Å². The van der Waals surface area contributed by atoms with E-state index in [1.54, 1.807) is 35.4 Å². The Hall–Kier alpha value is -3.36. The molecule has 0 atom stereocenters. The third-order valence-electron chi connectivity index (χ3n) is 4.17. The largest absolute Gasteiger partial charge is 0.352 e. The van der Waals surface area contributed by atoms with Gasteiger partial charge in [0, 0.05) is 44.1 Å². The summed E-state index contributed by atoms with van der Waals surface area (Å²) in [6.07, 6.45) is 6.60. The number of nitrogens with zero attached hydrogens (tertiary/aromatic N) is 8. The van der Waals surface area contributed by atoms with Crippen LogP contribution in [-0.4, -0.2) is 67.2 Å². The molecule has 1 aliphatic rings. The zero-order valence-corrected chi connectivity index (χ0v) is 13.4. The first kappa shape index (κ1) is 15.2. The number of tetrazole rings is 1. The summed E-state index contributed by atoms with van der Waals surface area (Å²) in [6, 6.07) is 7.27. The molecule has 0 aliphatic carbocycles. The highest BCUT2D eigenvalue weighted by molar-refractivity contribution is 5.94. The zero-order valence-electron chi connectivity index (χ0n) is 13.4. The molecule has 1 amide bonds. The quantitative estimate of drug-likeness (QED) is 0.684. The van der Waals surface area contributed by atoms with Crippen LogP contribution >= 0.6 is 0 Å². The minimum Gasteiger partial charge on any atom is -0.352 e. The molecule has 25 heavy (non-hydrogen) atoms. The molecule has 0 N–H and O–H groups in total. The smallest absolute Gasteiger partial charge is 0.253 e. The van der Waals surface area contributed by atoms with Crippen LogP contribution < -0.4 is 4.90 Å². The molecular formula is C16H16N8O. The Morgan fingerprint density at radius 3 is 2.44 bits per heavy atom. The van der Waals surface area contributed by atoms with Crippen LogP contribution in [0, 0.1) is 0 Å². The van der Waals surface area contributed by atoms with Gasteiger partial charge in [0.25, 0.3) is 5.91 Å². The van der Waals surface area contributed by atoms with Crippen molar-refractivity contribution in [3.8, 4) is 5.69 Å². The van der Waals surface area contributed by atoms with Gasteiger partial charge in [-0.05, 0) is 34.7 Å². The first-order valence-electron chi connectivity index (χ1n) is 7.95. The lowest BCUT2D eigenvalue weighted by molar-refractivity contribution is 0.0746. The Labute approximate surface area is 143 Å². The highest BCUT2D eigenvalue weighted by Gasteiger charge is 2.22. The molecule has 1 saturated heterocycles. The van der Waals surface area contributed by atoms with Crippen molar-refractivity contribution in [3.05, 3.63) is 54.7 Å². The molecule has 2 aromatic heterocycles. The number of rotatable bonds is 3. The summed E-state index contributed by atoms with van der Waals surface area (Å²) in [5.41, 5.74) is 1.47. The van der Waals surface area contributed by atoms with Crippen LogP contribution in [0.15, 0.2) is 49.2 Å². The second-order valence-electron chi connectivity index (χ2n) is 5.64. The van der Waals surface area contributed by atoms with Gasteiger partial charge in [0.1, 0.15) is 12.1 Å². The van der Waals surface area contributed by atoms with Gasteiger partial charge in [0.05, 0.1) is 11.9 Å². The zero-order chi connectivity index (χ0) is 17.1. The summed E-state index contributed by atoms with van der Waals surface area (Å²) in [5.74, 6) is 0.877. The maximum Gasteiger partial charge on any atom is 0.253 e. The van der Waals surface area contributed by atoms with Gasteiger partial charge >= 0.3 is 0 Å². The molecule has 126 valence electrons. The van der Waals surface area contributed by atoms with Crippen LogP contribution in [0.5, 0.6) is 0 Å². The van der Waals surface area contributed by atoms with Crippen molar-refractivity contribution in [2.24, 2.45) is 0 Å². The molecule has 0 bridgehead atoms. The highest BCUT2D eigenvalue weighted by Crippen LogP contribution is 2.15. The van der Waals surface area contributed by atoms with E-state index in [-0.39, 0.29) is 5.91 Å². The van der Waals surface area contributed by atoms with Crippen molar-refractivity contribution in [2.75, 3.05) is 31.1 Å². The van der Waals surface area contributed by atoms with Crippen molar-refractivity contribution < 1.29 is 4.79 Å². The molecule has 0 spiro atoms. The number of anilines is 1. The van der Waals surface area contributed by atoms with E-state index in [1.807, 2.05) is 17.0 Å². The van der Waals surface area contributed by atoms with Gasteiger partial charge in [-0.1, -0.05) is 0 Å². The van der Waals surface area contributed by atoms with Gasteiger partial charge in [-0.3, -0.25) is 9.78 Å². The number of piperazine rings is 1. The lowest BCUT2D eigenvalue weighted by Gasteiger charge is -2.35. The average Bonchev–Trinajstić information content (AvgIpc) is 3.23. The van der Waals surface area contributed by atoms with Crippen LogP contribution in [-0.2, 0) is 0 Å². The molecule has 3 aromatic rings. The molecule has 1 aromatic carbocycles. The number of benzene rings is 1. The van der Waals surface area contributed by atoms with E-state index in [9.17, 15) is 4.79 Å². The molecule has 9 heteroatoms. The fraction of sp³-hybridized carbons (Fsp3) is 0.250. The maximum absolute atomic E-state index is 12.7. The molecule has 3 heterocycles. The van der Waals surface area contributed by atoms with Crippen molar-refractivity contribution >= 4 is 11.7 Å². The normalized spacial score (nSPS) is 14.6. The van der Waals surface area contributed by atoms with E-state index < -0.39 is 0 Å². The lowest BCUT2D eigenvalue weighted by atomic mass is 10.1. The van der Waals surface area contributed by atoms with E-state index in [0.29, 0.717) is 18.7 Å². The molecule has 4 rings (SSSR count). The summed E-state index contributed by atoms with van der Waals surface area (Å²) < 4.78 is 1.55. The minimum absolute atomic E-state index is 0.0297. The highest BCUT2D eigenvalue weighted by atomic mass is 16.2. The Kier molecular flexibility index (Phi) is 4.03. The van der Waals surface area contributed by atoms with E-state index >= 15 is 0 Å². The summed E-state index contributed by atoms with van der Waals surface area (Å²) in [7, 11) is 0. The van der Waals surface area contributed by atoms with Gasteiger partial charge in [-0.25, -0.2) is 9.67 Å². The standard InChI is InChI=1S/C16H16N8O/c25-16(13-1-3-14(4-2-13)24-12-19-20-21-24)23-9-7-22(8-10-23)15-11-17-5-6-18-15/h1-6,11-12H,7-10H2. The van der Waals surface area contributed by atoms with Crippen molar-refractivity contribution in [2.45, 2.75) is 0 Å². The number of hydrogen-bond donors (Lipinski definition) is 0. The topological polar surface area (TPSA) is 92.9 Å². The monoisotopic (exact) mass is 336 g/mol. The first-order valence-corrected chi connectivity index (χ1v) is 7.95. The average molecular weight is 336 g/mol. The number of carbonyl (C=O) groups is 1. The van der Waals surface area contributed by atoms with E-state index in [1.165, 1.54) is 6.33 Å². The van der Waals surface area contributed by atoms with Gasteiger partial charge < -0.3 is 9.80 Å². The minimum atomic E-state index is 0.0297. The molecule has 0 saturated carbocycles. The summed E-state index contributed by atoms with van der Waals surface area (Å²) in [4.78, 5) is 25.1. The molecule has 9 nitrogen and oxygen atoms in total.